The van der Waals surface area contributed by atoms with E-state index in [4.69, 9.17) is 16.0 Å². The quantitative estimate of drug-likeness (QED) is 0.477. The Morgan fingerprint density at radius 1 is 1.00 bits per heavy atom. The van der Waals surface area contributed by atoms with Gasteiger partial charge in [-0.3, -0.25) is 4.79 Å². The minimum atomic E-state index is -0.638. The number of hydrogen-bond donors (Lipinski definition) is 1. The van der Waals surface area contributed by atoms with Gasteiger partial charge in [-0.2, -0.15) is 0 Å². The van der Waals surface area contributed by atoms with Crippen molar-refractivity contribution in [3.05, 3.63) is 107 Å². The van der Waals surface area contributed by atoms with Crippen molar-refractivity contribution in [3.63, 3.8) is 0 Å². The number of hydrogen-bond acceptors (Lipinski definition) is 4. The Labute approximate surface area is 177 Å². The molecule has 1 amide bonds. The summed E-state index contributed by atoms with van der Waals surface area (Å²) in [6.07, 6.45) is 0.0271. The number of amides is 1. The number of halogens is 2. The van der Waals surface area contributed by atoms with Crippen LogP contribution in [0, 0.1) is 5.82 Å². The van der Waals surface area contributed by atoms with Gasteiger partial charge in [0.2, 0.25) is 17.7 Å². The molecule has 1 atom stereocenters. The molecule has 30 heavy (non-hydrogen) atoms. The van der Waals surface area contributed by atoms with Gasteiger partial charge >= 0.3 is 0 Å². The average molecular weight is 422 g/mol. The van der Waals surface area contributed by atoms with E-state index in [1.807, 2.05) is 30.3 Å². The Kier molecular flexibility index (Phi) is 5.86. The number of carbonyl (C=O) groups excluding carboxylic acids is 1. The summed E-state index contributed by atoms with van der Waals surface area (Å²) in [5, 5.41) is 11.8. The molecule has 4 aromatic rings. The van der Waals surface area contributed by atoms with Crippen LogP contribution in [-0.4, -0.2) is 16.1 Å². The smallest absolute Gasteiger partial charge is 0.247 e. The molecule has 0 radical (unpaired) electrons. The lowest BCUT2D eigenvalue weighted by atomic mass is 10.1. The van der Waals surface area contributed by atoms with Crippen LogP contribution in [0.5, 0.6) is 0 Å². The van der Waals surface area contributed by atoms with Crippen LogP contribution >= 0.6 is 11.6 Å². The number of rotatable bonds is 6. The lowest BCUT2D eigenvalue weighted by Crippen LogP contribution is -2.30. The summed E-state index contributed by atoms with van der Waals surface area (Å²) in [6.45, 7) is 0. The highest BCUT2D eigenvalue weighted by molar-refractivity contribution is 6.30. The average Bonchev–Trinajstić information content (AvgIpc) is 3.23. The molecule has 4 rings (SSSR count). The molecule has 3 aromatic carbocycles. The summed E-state index contributed by atoms with van der Waals surface area (Å²) >= 11 is 5.93. The van der Waals surface area contributed by atoms with Gasteiger partial charge in [-0.05, 0) is 47.5 Å². The normalized spacial score (nSPS) is 11.8. The fourth-order valence-corrected chi connectivity index (χ4v) is 3.16. The monoisotopic (exact) mass is 421 g/mol. The number of nitrogens with zero attached hydrogens (tertiary/aromatic N) is 2. The van der Waals surface area contributed by atoms with Crippen molar-refractivity contribution in [3.8, 4) is 11.5 Å². The van der Waals surface area contributed by atoms with Gasteiger partial charge in [-0.1, -0.05) is 54.1 Å². The minimum Gasteiger partial charge on any atom is -0.418 e. The molecule has 1 aromatic heterocycles. The molecule has 0 aliphatic heterocycles. The van der Waals surface area contributed by atoms with Crippen LogP contribution in [0.2, 0.25) is 5.02 Å². The molecule has 0 unspecified atom stereocenters. The largest absolute Gasteiger partial charge is 0.418 e. The maximum Gasteiger partial charge on any atom is 0.247 e. The van der Waals surface area contributed by atoms with Gasteiger partial charge < -0.3 is 9.73 Å². The fourth-order valence-electron chi connectivity index (χ4n) is 3.04. The third-order valence-electron chi connectivity index (χ3n) is 4.47. The van der Waals surface area contributed by atoms with Crippen molar-refractivity contribution in [1.82, 2.24) is 15.5 Å². The molecule has 0 saturated carbocycles. The first-order valence-corrected chi connectivity index (χ1v) is 9.64. The molecule has 0 bridgehead atoms. The summed E-state index contributed by atoms with van der Waals surface area (Å²) in [5.41, 5.74) is 2.08. The Balaban J connectivity index is 1.59. The van der Waals surface area contributed by atoms with Gasteiger partial charge in [-0.25, -0.2) is 4.39 Å². The molecular weight excluding hydrogens is 405 g/mol. The molecule has 0 aliphatic rings. The summed E-state index contributed by atoms with van der Waals surface area (Å²) in [7, 11) is 0. The second-order valence-corrected chi connectivity index (χ2v) is 7.11. The standard InChI is InChI=1S/C23H17ClFN3O2/c24-18-11-9-17(10-12-18)22-27-28-23(30-22)21(16-6-2-1-3-7-16)26-20(29)14-15-5-4-8-19(25)13-15/h1-13,21H,14H2,(H,26,29)/t21-/m1/s1. The Morgan fingerprint density at radius 2 is 1.77 bits per heavy atom. The van der Waals surface area contributed by atoms with E-state index in [1.165, 1.54) is 12.1 Å². The molecule has 1 heterocycles. The van der Waals surface area contributed by atoms with Crippen molar-refractivity contribution in [1.29, 1.82) is 0 Å². The highest BCUT2D eigenvalue weighted by Crippen LogP contribution is 2.26. The predicted molar refractivity (Wildman–Crippen MR) is 111 cm³/mol. The van der Waals surface area contributed by atoms with Gasteiger partial charge in [-0.15, -0.1) is 10.2 Å². The maximum atomic E-state index is 13.4. The zero-order valence-electron chi connectivity index (χ0n) is 15.8. The third kappa shape index (κ3) is 4.72. The van der Waals surface area contributed by atoms with E-state index in [9.17, 15) is 9.18 Å². The topological polar surface area (TPSA) is 68.0 Å². The van der Waals surface area contributed by atoms with Crippen LogP contribution in [0.1, 0.15) is 23.1 Å². The first kappa shape index (κ1) is 19.8. The van der Waals surface area contributed by atoms with E-state index in [0.29, 0.717) is 16.5 Å². The molecule has 1 N–H and O–H groups in total. The van der Waals surface area contributed by atoms with Crippen molar-refractivity contribution in [2.45, 2.75) is 12.5 Å². The van der Waals surface area contributed by atoms with Crippen molar-refractivity contribution in [2.24, 2.45) is 0 Å². The predicted octanol–water partition coefficient (Wildman–Crippen LogP) is 4.98. The number of aromatic nitrogens is 2. The first-order valence-electron chi connectivity index (χ1n) is 9.26. The lowest BCUT2D eigenvalue weighted by molar-refractivity contribution is -0.121. The minimum absolute atomic E-state index is 0.0271. The Hall–Kier alpha value is -3.51. The summed E-state index contributed by atoms with van der Waals surface area (Å²) in [5.74, 6) is -0.106. The summed E-state index contributed by atoms with van der Waals surface area (Å²) in [4.78, 5) is 12.7. The van der Waals surface area contributed by atoms with Crippen LogP contribution in [-0.2, 0) is 11.2 Å². The van der Waals surface area contributed by atoms with E-state index in [1.54, 1.807) is 36.4 Å². The van der Waals surface area contributed by atoms with Gasteiger partial charge in [0.25, 0.3) is 0 Å². The van der Waals surface area contributed by atoms with Gasteiger partial charge in [0.1, 0.15) is 11.9 Å². The molecule has 0 fully saturated rings. The number of nitrogens with one attached hydrogen (secondary N) is 1. The van der Waals surface area contributed by atoms with Gasteiger partial charge in [0, 0.05) is 10.6 Å². The van der Waals surface area contributed by atoms with E-state index in [2.05, 4.69) is 15.5 Å². The van der Waals surface area contributed by atoms with Crippen LogP contribution in [0.15, 0.2) is 83.3 Å². The van der Waals surface area contributed by atoms with Crippen LogP contribution < -0.4 is 5.32 Å². The maximum absolute atomic E-state index is 13.4. The molecule has 0 saturated heterocycles. The van der Waals surface area contributed by atoms with Crippen LogP contribution in [0.25, 0.3) is 11.5 Å². The molecular formula is C23H17ClFN3O2. The molecule has 0 aliphatic carbocycles. The number of benzene rings is 3. The van der Waals surface area contributed by atoms with Crippen molar-refractivity contribution < 1.29 is 13.6 Å². The van der Waals surface area contributed by atoms with E-state index in [0.717, 1.165) is 11.1 Å². The number of carbonyl (C=O) groups is 1. The second kappa shape index (κ2) is 8.88. The van der Waals surface area contributed by atoms with Crippen LogP contribution in [0.3, 0.4) is 0 Å². The second-order valence-electron chi connectivity index (χ2n) is 6.67. The summed E-state index contributed by atoms with van der Waals surface area (Å²) in [6, 6.07) is 21.6. The van der Waals surface area contributed by atoms with E-state index < -0.39 is 6.04 Å². The highest BCUT2D eigenvalue weighted by Gasteiger charge is 2.23. The highest BCUT2D eigenvalue weighted by atomic mass is 35.5. The Bertz CT molecular complexity index is 1150. The SMILES string of the molecule is O=C(Cc1cccc(F)c1)N[C@H](c1ccccc1)c1nnc(-c2ccc(Cl)cc2)o1. The zero-order chi connectivity index (χ0) is 20.9. The first-order chi connectivity index (χ1) is 14.6. The van der Waals surface area contributed by atoms with Crippen molar-refractivity contribution in [2.75, 3.05) is 0 Å². The molecule has 150 valence electrons. The molecule has 7 heteroatoms. The van der Waals surface area contributed by atoms with Gasteiger partial charge in [0.15, 0.2) is 0 Å². The van der Waals surface area contributed by atoms with E-state index >= 15 is 0 Å². The molecule has 0 spiro atoms. The third-order valence-corrected chi connectivity index (χ3v) is 4.72. The summed E-state index contributed by atoms with van der Waals surface area (Å²) < 4.78 is 19.3. The lowest BCUT2D eigenvalue weighted by Gasteiger charge is -2.16. The van der Waals surface area contributed by atoms with Gasteiger partial charge in [0.05, 0.1) is 6.42 Å². The van der Waals surface area contributed by atoms with Crippen LogP contribution in [0.4, 0.5) is 4.39 Å². The Morgan fingerprint density at radius 3 is 2.50 bits per heavy atom. The van der Waals surface area contributed by atoms with Crippen molar-refractivity contribution >= 4 is 17.5 Å². The fraction of sp³-hybridized carbons (Fsp3) is 0.0870. The zero-order valence-corrected chi connectivity index (χ0v) is 16.5. The molecule has 5 nitrogen and oxygen atoms in total. The van der Waals surface area contributed by atoms with E-state index in [-0.39, 0.29) is 24.0 Å².